The van der Waals surface area contributed by atoms with Gasteiger partial charge in [0.25, 0.3) is 5.56 Å². The normalized spacial score (nSPS) is 20.9. The van der Waals surface area contributed by atoms with Gasteiger partial charge in [-0.2, -0.15) is 0 Å². The van der Waals surface area contributed by atoms with Gasteiger partial charge in [-0.25, -0.2) is 14.4 Å². The molecule has 40 heavy (non-hydrogen) atoms. The number of alkyl carbamates (subject to hydrolysis) is 1. The van der Waals surface area contributed by atoms with Crippen molar-refractivity contribution in [3.05, 3.63) is 37.6 Å². The second kappa shape index (κ2) is 14.3. The molecule has 2 heterocycles. The Morgan fingerprint density at radius 2 is 1.80 bits per heavy atom. The topological polar surface area (TPSA) is 158 Å². The molecule has 1 aromatic heterocycles. The van der Waals surface area contributed by atoms with E-state index in [2.05, 4.69) is 31.5 Å². The van der Waals surface area contributed by atoms with Crippen LogP contribution >= 0.6 is 27.5 Å². The van der Waals surface area contributed by atoms with Crippen LogP contribution in [0.2, 0.25) is 0 Å². The Kier molecular flexibility index (Phi) is 12.0. The first-order chi connectivity index (χ1) is 18.6. The van der Waals surface area contributed by atoms with Gasteiger partial charge in [0.05, 0.1) is 11.4 Å². The second-order valence-electron chi connectivity index (χ2n) is 11.1. The van der Waals surface area contributed by atoms with Crippen molar-refractivity contribution in [3.63, 3.8) is 0 Å². The summed E-state index contributed by atoms with van der Waals surface area (Å²) in [5, 5.41) is 5.25. The van der Waals surface area contributed by atoms with Crippen molar-refractivity contribution in [1.82, 2.24) is 20.2 Å². The number of aromatic nitrogens is 2. The van der Waals surface area contributed by atoms with E-state index in [1.165, 1.54) is 21.8 Å². The fraction of sp³-hybridized carbons (Fsp3) is 0.654. The average Bonchev–Trinajstić information content (AvgIpc) is 3.23. The third kappa shape index (κ3) is 9.20. The van der Waals surface area contributed by atoms with Crippen molar-refractivity contribution in [2.24, 2.45) is 11.8 Å². The van der Waals surface area contributed by atoms with Gasteiger partial charge in [0, 0.05) is 12.6 Å². The zero-order valence-electron chi connectivity index (χ0n) is 23.7. The molecule has 0 aromatic carbocycles. The number of hydrogen-bond acceptors (Lipinski definition) is 8. The van der Waals surface area contributed by atoms with E-state index in [0.717, 1.165) is 0 Å². The van der Waals surface area contributed by atoms with Gasteiger partial charge < -0.3 is 24.8 Å². The summed E-state index contributed by atoms with van der Waals surface area (Å²) < 4.78 is 18.1. The molecular formula is C26H38BrClN4O8. The highest BCUT2D eigenvalue weighted by Gasteiger charge is 2.41. The smallest absolute Gasteiger partial charge is 0.408 e. The van der Waals surface area contributed by atoms with Gasteiger partial charge in [-0.15, -0.1) is 11.6 Å². The molecule has 2 rings (SSSR count). The van der Waals surface area contributed by atoms with Crippen molar-refractivity contribution < 1.29 is 28.6 Å². The molecule has 3 N–H and O–H groups in total. The highest BCUT2D eigenvalue weighted by molar-refractivity contribution is 9.11. The summed E-state index contributed by atoms with van der Waals surface area (Å²) in [4.78, 5) is 66.9. The number of carbonyl (C=O) groups is 3. The number of halogens is 2. The van der Waals surface area contributed by atoms with Crippen molar-refractivity contribution in [2.75, 3.05) is 5.88 Å². The fourth-order valence-electron chi connectivity index (χ4n) is 3.97. The van der Waals surface area contributed by atoms with Crippen molar-refractivity contribution in [3.8, 4) is 0 Å². The van der Waals surface area contributed by atoms with Gasteiger partial charge in [-0.3, -0.25) is 19.1 Å². The number of nitrogens with zero attached hydrogens (tertiary/aromatic N) is 1. The number of carbonyl (C=O) groups excluding carboxylic acids is 3. The lowest BCUT2D eigenvalue weighted by molar-refractivity contribution is -0.156. The monoisotopic (exact) mass is 648 g/mol. The van der Waals surface area contributed by atoms with Gasteiger partial charge >= 0.3 is 17.8 Å². The molecule has 0 unspecified atom stereocenters. The zero-order chi connectivity index (χ0) is 30.4. The highest BCUT2D eigenvalue weighted by atomic mass is 79.9. The molecule has 2 amide bonds. The Morgan fingerprint density at radius 1 is 1.18 bits per heavy atom. The minimum Gasteiger partial charge on any atom is -0.458 e. The summed E-state index contributed by atoms with van der Waals surface area (Å²) >= 11 is 9.18. The highest BCUT2D eigenvalue weighted by Crippen LogP contribution is 2.31. The number of rotatable bonds is 10. The van der Waals surface area contributed by atoms with Crippen LogP contribution in [-0.4, -0.2) is 63.3 Å². The number of H-pyrrole nitrogens is 1. The van der Waals surface area contributed by atoms with Crippen LogP contribution in [0.25, 0.3) is 6.08 Å². The Balaban J connectivity index is 2.18. The van der Waals surface area contributed by atoms with Crippen LogP contribution in [0.15, 0.2) is 20.8 Å². The number of ether oxygens (including phenoxy) is 3. The maximum atomic E-state index is 13.3. The molecule has 0 radical (unpaired) electrons. The van der Waals surface area contributed by atoms with Crippen LogP contribution in [-0.2, 0) is 23.8 Å². The van der Waals surface area contributed by atoms with Gasteiger partial charge in [-0.05, 0) is 43.7 Å². The number of aromatic amines is 1. The standard InChI is InChI=1S/C26H38BrClN4O8/c1-13(2)19(30-25(37)40-26(5,6)7)22(34)29-20(14(3)4)23(35)39-16-10-18(38-17(16)11-28)32-12-15(8-9-27)21(33)31-24(32)36/h8-9,12-14,16-20H,10-11H2,1-7H3,(H,29,34)(H,30,37)(H,31,33,36)/t16-,17+,18+,19-,20-/m0/s1. The van der Waals surface area contributed by atoms with Crippen LogP contribution in [0.4, 0.5) is 4.79 Å². The third-order valence-corrected chi connectivity index (χ3v) is 6.56. The Hall–Kier alpha value is -2.64. The average molecular weight is 650 g/mol. The van der Waals surface area contributed by atoms with Crippen molar-refractivity contribution >= 4 is 51.6 Å². The van der Waals surface area contributed by atoms with Crippen LogP contribution in [0, 0.1) is 11.8 Å². The first-order valence-electron chi connectivity index (χ1n) is 12.9. The summed E-state index contributed by atoms with van der Waals surface area (Å²) in [5.41, 5.74) is -1.79. The van der Waals surface area contributed by atoms with E-state index in [9.17, 15) is 24.0 Å². The van der Waals surface area contributed by atoms with Gasteiger partial charge in [0.2, 0.25) is 5.91 Å². The lowest BCUT2D eigenvalue weighted by Gasteiger charge is -2.28. The molecule has 1 saturated heterocycles. The largest absolute Gasteiger partial charge is 0.458 e. The summed E-state index contributed by atoms with van der Waals surface area (Å²) in [6, 6.07) is -2.01. The Bertz CT molecular complexity index is 1210. The molecule has 5 atom stereocenters. The molecule has 0 spiro atoms. The molecule has 1 aliphatic rings. The van der Waals surface area contributed by atoms with Crippen LogP contribution in [0.3, 0.4) is 0 Å². The quantitative estimate of drug-likeness (QED) is 0.258. The second-order valence-corrected chi connectivity index (χ2v) is 12.0. The Morgan fingerprint density at radius 3 is 2.33 bits per heavy atom. The maximum Gasteiger partial charge on any atom is 0.408 e. The molecule has 224 valence electrons. The van der Waals surface area contributed by atoms with Crippen LogP contribution in [0.5, 0.6) is 0 Å². The number of esters is 1. The van der Waals surface area contributed by atoms with E-state index >= 15 is 0 Å². The van der Waals surface area contributed by atoms with Gasteiger partial charge in [-0.1, -0.05) is 43.6 Å². The Labute approximate surface area is 246 Å². The number of alkyl halides is 1. The lowest BCUT2D eigenvalue weighted by atomic mass is 10.0. The van der Waals surface area contributed by atoms with E-state index in [4.69, 9.17) is 25.8 Å². The SMILES string of the molecule is CC(C)[C@H](NC(=O)OC(C)(C)C)C(=O)N[C@H](C(=O)O[C@H]1C[C@H](n2cc(C=CBr)c(=O)[nH]c2=O)O[C@@H]1CCl)C(C)C. The summed E-state index contributed by atoms with van der Waals surface area (Å²) in [6.07, 6.45) is -0.285. The number of nitrogens with one attached hydrogen (secondary N) is 3. The van der Waals surface area contributed by atoms with E-state index in [0.29, 0.717) is 0 Å². The summed E-state index contributed by atoms with van der Waals surface area (Å²) in [6.45, 7) is 12.1. The van der Waals surface area contributed by atoms with Crippen LogP contribution < -0.4 is 21.9 Å². The maximum absolute atomic E-state index is 13.3. The fourth-order valence-corrected chi connectivity index (χ4v) is 4.52. The van der Waals surface area contributed by atoms with Crippen LogP contribution in [0.1, 0.15) is 66.7 Å². The predicted molar refractivity (Wildman–Crippen MR) is 153 cm³/mol. The minimum absolute atomic E-state index is 0.0331. The molecule has 0 saturated carbocycles. The summed E-state index contributed by atoms with van der Waals surface area (Å²) in [5.74, 6) is -1.99. The molecule has 1 aromatic rings. The molecule has 0 bridgehead atoms. The zero-order valence-corrected chi connectivity index (χ0v) is 26.0. The predicted octanol–water partition coefficient (Wildman–Crippen LogP) is 3.03. The molecule has 14 heteroatoms. The minimum atomic E-state index is -1.05. The molecule has 0 aliphatic carbocycles. The van der Waals surface area contributed by atoms with Gasteiger partial charge in [0.1, 0.15) is 36.1 Å². The van der Waals surface area contributed by atoms with Gasteiger partial charge in [0.15, 0.2) is 0 Å². The first kappa shape index (κ1) is 33.6. The number of hydrogen-bond donors (Lipinski definition) is 3. The lowest BCUT2D eigenvalue weighted by Crippen LogP contribution is -2.56. The molecular weight excluding hydrogens is 612 g/mol. The number of amides is 2. The molecule has 12 nitrogen and oxygen atoms in total. The van der Waals surface area contributed by atoms with E-state index in [1.807, 2.05) is 0 Å². The van der Waals surface area contributed by atoms with Crippen molar-refractivity contribution in [2.45, 2.75) is 91.0 Å². The van der Waals surface area contributed by atoms with Crippen molar-refractivity contribution in [1.29, 1.82) is 0 Å². The molecule has 1 aliphatic heterocycles. The van der Waals surface area contributed by atoms with E-state index in [1.54, 1.807) is 48.5 Å². The molecule has 1 fully saturated rings. The summed E-state index contributed by atoms with van der Waals surface area (Å²) in [7, 11) is 0. The third-order valence-electron chi connectivity index (χ3n) is 5.99. The van der Waals surface area contributed by atoms with E-state index in [-0.39, 0.29) is 29.7 Å². The first-order valence-corrected chi connectivity index (χ1v) is 14.4. The van der Waals surface area contributed by atoms with E-state index < -0.39 is 65.3 Å².